The summed E-state index contributed by atoms with van der Waals surface area (Å²) in [5.74, 6) is 0. The Morgan fingerprint density at radius 2 is 0.400 bits per heavy atom. The van der Waals surface area contributed by atoms with E-state index in [2.05, 4.69) is 0 Å². The third-order valence-electron chi connectivity index (χ3n) is 0. The predicted octanol–water partition coefficient (Wildman–Crippen LogP) is -3.51. The molecule has 0 saturated carbocycles. The molecule has 0 aromatic heterocycles. The molecule has 0 aromatic carbocycles. The molecule has 5 heavy (non-hydrogen) atoms. The van der Waals surface area contributed by atoms with Gasteiger partial charge in [-0.1, -0.05) is 0 Å². The summed E-state index contributed by atoms with van der Waals surface area (Å²) in [5, 5.41) is 0. The average molecular weight is 425 g/mol. The second-order valence-corrected chi connectivity index (χ2v) is 0. The van der Waals surface area contributed by atoms with Crippen molar-refractivity contribution in [2.24, 2.45) is 0 Å². The summed E-state index contributed by atoms with van der Waals surface area (Å²) in [4.78, 5) is 0. The second kappa shape index (κ2) is 25.8. The first kappa shape index (κ1) is 38.9. The van der Waals surface area contributed by atoms with Gasteiger partial charge in [0.1, 0.15) is 0 Å². The minimum atomic E-state index is 0. The van der Waals surface area contributed by atoms with Crippen molar-refractivity contribution in [1.29, 1.82) is 0 Å². The molecule has 0 nitrogen and oxygen atoms in total. The molecular weight excluding hydrogens is 419 g/mol. The Hall–Kier alpha value is 3.52. The SMILES string of the molecule is [AlH3].[AlH3].[Sb].[Sb].[Sb]. The van der Waals surface area contributed by atoms with Crippen LogP contribution in [0.1, 0.15) is 0 Å². The van der Waals surface area contributed by atoms with E-state index in [1.54, 1.807) is 0 Å². The van der Waals surface area contributed by atoms with Crippen molar-refractivity contribution in [3.63, 3.8) is 0 Å². The van der Waals surface area contributed by atoms with Crippen LogP contribution in [0.25, 0.3) is 0 Å². The number of rotatable bonds is 0. The summed E-state index contributed by atoms with van der Waals surface area (Å²) >= 11 is 0. The normalized spacial score (nSPS) is 0. The Labute approximate surface area is 106 Å². The Kier molecular flexibility index (Phi) is 201. The summed E-state index contributed by atoms with van der Waals surface area (Å²) in [6.45, 7) is 0. The molecule has 0 spiro atoms. The Morgan fingerprint density at radius 1 is 0.400 bits per heavy atom. The summed E-state index contributed by atoms with van der Waals surface area (Å²) < 4.78 is 0. The van der Waals surface area contributed by atoms with E-state index in [0.29, 0.717) is 0 Å². The van der Waals surface area contributed by atoms with Crippen LogP contribution in [0.5, 0.6) is 0 Å². The number of hydrogen-bond acceptors (Lipinski definition) is 0. The van der Waals surface area contributed by atoms with Gasteiger partial charge in [0.25, 0.3) is 0 Å². The molecule has 0 aliphatic heterocycles. The van der Waals surface area contributed by atoms with Crippen LogP contribution in [-0.4, -0.2) is 108 Å². The summed E-state index contributed by atoms with van der Waals surface area (Å²) in [6.07, 6.45) is 0. The van der Waals surface area contributed by atoms with Crippen LogP contribution in [-0.2, 0) is 0 Å². The maximum Gasteiger partial charge on any atom is 0.187 e. The fraction of sp³-hybridized carbons (Fsp3) is 0. The largest absolute Gasteiger partial charge is 0.187 e. The molecule has 0 atom stereocenters. The summed E-state index contributed by atoms with van der Waals surface area (Å²) in [5.41, 5.74) is 0. The van der Waals surface area contributed by atoms with Gasteiger partial charge in [0, 0.05) is 73.3 Å². The molecule has 0 heterocycles. The zero-order valence-corrected chi connectivity index (χ0v) is 9.00. The zero-order valence-electron chi connectivity index (χ0n) is 1.34. The molecule has 0 bridgehead atoms. The van der Waals surface area contributed by atoms with Crippen molar-refractivity contribution >= 4 is 108 Å². The van der Waals surface area contributed by atoms with Crippen molar-refractivity contribution < 1.29 is 0 Å². The smallest absolute Gasteiger partial charge is 0 e. The maximum atomic E-state index is 0. The molecule has 0 rings (SSSR count). The first-order chi connectivity index (χ1) is 0. The molecule has 0 aliphatic carbocycles. The van der Waals surface area contributed by atoms with Gasteiger partial charge in [-0.2, -0.15) is 0 Å². The van der Waals surface area contributed by atoms with Crippen LogP contribution < -0.4 is 0 Å². The third kappa shape index (κ3) is 18.5. The third-order valence-corrected chi connectivity index (χ3v) is 0. The van der Waals surface area contributed by atoms with Crippen molar-refractivity contribution in [2.75, 3.05) is 0 Å². The summed E-state index contributed by atoms with van der Waals surface area (Å²) in [7, 11) is 0. The Bertz CT molecular complexity index is 4.85. The molecule has 0 amide bonds. The van der Waals surface area contributed by atoms with Crippen molar-refractivity contribution in [3.8, 4) is 0 Å². The van der Waals surface area contributed by atoms with Crippen molar-refractivity contribution in [1.82, 2.24) is 0 Å². The van der Waals surface area contributed by atoms with Crippen LogP contribution in [0.4, 0.5) is 0 Å². The van der Waals surface area contributed by atoms with Gasteiger partial charge in [-0.05, 0) is 0 Å². The molecule has 0 aromatic rings. The van der Waals surface area contributed by atoms with Crippen LogP contribution >= 0.6 is 0 Å². The van der Waals surface area contributed by atoms with Gasteiger partial charge in [0.2, 0.25) is 0 Å². The fourth-order valence-electron chi connectivity index (χ4n) is 0. The van der Waals surface area contributed by atoms with Gasteiger partial charge < -0.3 is 0 Å². The van der Waals surface area contributed by atoms with Crippen molar-refractivity contribution in [3.05, 3.63) is 0 Å². The molecule has 0 fully saturated rings. The molecule has 0 aliphatic rings. The first-order valence-corrected chi connectivity index (χ1v) is 0. The predicted molar refractivity (Wildman–Crippen MR) is 37.1 cm³/mol. The Morgan fingerprint density at radius 3 is 0.400 bits per heavy atom. The summed E-state index contributed by atoms with van der Waals surface area (Å²) in [6, 6.07) is 0. The quantitative estimate of drug-likeness (QED) is 0.354. The molecule has 0 unspecified atom stereocenters. The molecular formula is H6Al2Sb3. The van der Waals surface area contributed by atoms with Gasteiger partial charge in [-0.3, -0.25) is 0 Å². The first-order valence-electron chi connectivity index (χ1n) is 0. The molecule has 5 heteroatoms. The van der Waals surface area contributed by atoms with Gasteiger partial charge in [0.05, 0.1) is 0 Å². The monoisotopic (exact) mass is 423 g/mol. The van der Waals surface area contributed by atoms with E-state index in [1.807, 2.05) is 0 Å². The second-order valence-electron chi connectivity index (χ2n) is 0. The van der Waals surface area contributed by atoms with E-state index < -0.39 is 0 Å². The molecule has 9 radical (unpaired) electrons. The molecule has 27 valence electrons. The van der Waals surface area contributed by atoms with Crippen LogP contribution in [0.3, 0.4) is 0 Å². The average Bonchev–Trinajstić information content (AvgIpc) is 0. The van der Waals surface area contributed by atoms with E-state index in [9.17, 15) is 0 Å². The van der Waals surface area contributed by atoms with Gasteiger partial charge in [0.15, 0.2) is 34.7 Å². The standard InChI is InChI=1S/2Al.3Sb.6H. The fourth-order valence-corrected chi connectivity index (χ4v) is 0. The topological polar surface area (TPSA) is 0 Å². The van der Waals surface area contributed by atoms with E-state index >= 15 is 0 Å². The van der Waals surface area contributed by atoms with Crippen LogP contribution in [0, 0.1) is 0 Å². The molecule has 0 N–H and O–H groups in total. The van der Waals surface area contributed by atoms with Crippen LogP contribution in [0.2, 0.25) is 0 Å². The maximum absolute atomic E-state index is 0. The minimum Gasteiger partial charge on any atom is 0 e. The van der Waals surface area contributed by atoms with E-state index in [0.717, 1.165) is 0 Å². The van der Waals surface area contributed by atoms with E-state index in [4.69, 9.17) is 0 Å². The van der Waals surface area contributed by atoms with E-state index in [-0.39, 0.29) is 108 Å². The van der Waals surface area contributed by atoms with Crippen molar-refractivity contribution in [2.45, 2.75) is 0 Å². The number of hydrogen-bond donors (Lipinski definition) is 0. The zero-order chi connectivity index (χ0) is 0. The van der Waals surface area contributed by atoms with Crippen LogP contribution in [0.15, 0.2) is 0 Å². The molecule has 0 saturated heterocycles. The van der Waals surface area contributed by atoms with Gasteiger partial charge >= 0.3 is 0 Å². The van der Waals surface area contributed by atoms with Gasteiger partial charge in [-0.25, -0.2) is 0 Å². The minimum absolute atomic E-state index is 0. The Balaban J connectivity index is 0. The van der Waals surface area contributed by atoms with E-state index in [1.165, 1.54) is 0 Å². The van der Waals surface area contributed by atoms with Gasteiger partial charge in [-0.15, -0.1) is 0 Å².